The molecule has 0 atom stereocenters. The maximum atomic E-state index is 13.2. The van der Waals surface area contributed by atoms with E-state index in [1.165, 1.54) is 12.1 Å². The molecule has 120 valence electrons. The van der Waals surface area contributed by atoms with E-state index in [-0.39, 0.29) is 11.7 Å². The number of aromatic nitrogens is 2. The first kappa shape index (κ1) is 16.0. The lowest BCUT2D eigenvalue weighted by molar-refractivity contribution is 0.112. The van der Waals surface area contributed by atoms with Crippen LogP contribution >= 0.6 is 0 Å². The van der Waals surface area contributed by atoms with E-state index in [0.29, 0.717) is 28.3 Å². The fraction of sp³-hybridized carbons (Fsp3) is 0.150. The summed E-state index contributed by atoms with van der Waals surface area (Å²) in [6.45, 7) is 3.97. The van der Waals surface area contributed by atoms with E-state index < -0.39 is 0 Å². The fourth-order valence-corrected chi connectivity index (χ4v) is 2.59. The fourth-order valence-electron chi connectivity index (χ4n) is 2.59. The predicted molar refractivity (Wildman–Crippen MR) is 92.3 cm³/mol. The summed E-state index contributed by atoms with van der Waals surface area (Å²) in [4.78, 5) is 20.9. The number of hydrogen-bond acceptors (Lipinski definition) is 3. The van der Waals surface area contributed by atoms with Crippen LogP contribution in [0.4, 0.5) is 4.39 Å². The summed E-state index contributed by atoms with van der Waals surface area (Å²) >= 11 is 0. The molecule has 0 fully saturated rings. The van der Waals surface area contributed by atoms with Crippen molar-refractivity contribution in [2.75, 3.05) is 0 Å². The van der Waals surface area contributed by atoms with Gasteiger partial charge in [0, 0.05) is 11.1 Å². The third-order valence-corrected chi connectivity index (χ3v) is 3.79. The highest BCUT2D eigenvalue weighted by Gasteiger charge is 2.18. The summed E-state index contributed by atoms with van der Waals surface area (Å²) in [7, 11) is 0. The maximum absolute atomic E-state index is 13.2. The Morgan fingerprint density at radius 2 is 1.58 bits per heavy atom. The van der Waals surface area contributed by atoms with Gasteiger partial charge in [-0.05, 0) is 30.2 Å². The van der Waals surface area contributed by atoms with Crippen LogP contribution in [0.3, 0.4) is 0 Å². The Labute approximate surface area is 140 Å². The second-order valence-corrected chi connectivity index (χ2v) is 5.84. The van der Waals surface area contributed by atoms with E-state index in [1.807, 2.05) is 44.2 Å². The van der Waals surface area contributed by atoms with Gasteiger partial charge in [0.15, 0.2) is 12.1 Å². The van der Waals surface area contributed by atoms with Crippen molar-refractivity contribution >= 4 is 6.29 Å². The SMILES string of the molecule is CC(C)c1nc(-c2ccccc2)nc(-c2ccc(F)cc2)c1C=O. The molecule has 0 amide bonds. The van der Waals surface area contributed by atoms with E-state index >= 15 is 0 Å². The molecule has 3 nitrogen and oxygen atoms in total. The first-order valence-electron chi connectivity index (χ1n) is 7.78. The number of rotatable bonds is 4. The van der Waals surface area contributed by atoms with Gasteiger partial charge in [-0.25, -0.2) is 14.4 Å². The van der Waals surface area contributed by atoms with E-state index in [0.717, 1.165) is 11.8 Å². The molecule has 0 radical (unpaired) electrons. The molecule has 3 rings (SSSR count). The summed E-state index contributed by atoms with van der Waals surface area (Å²) in [5, 5.41) is 0. The molecule has 0 aliphatic carbocycles. The maximum Gasteiger partial charge on any atom is 0.160 e. The van der Waals surface area contributed by atoms with Gasteiger partial charge in [-0.3, -0.25) is 4.79 Å². The van der Waals surface area contributed by atoms with Crippen molar-refractivity contribution in [1.29, 1.82) is 0 Å². The first-order chi connectivity index (χ1) is 11.6. The predicted octanol–water partition coefficient (Wildman–Crippen LogP) is 4.89. The van der Waals surface area contributed by atoms with Gasteiger partial charge in [0.1, 0.15) is 5.82 Å². The van der Waals surface area contributed by atoms with Crippen LogP contribution in [0.2, 0.25) is 0 Å². The Bertz CT molecular complexity index is 859. The van der Waals surface area contributed by atoms with Gasteiger partial charge in [-0.15, -0.1) is 0 Å². The lowest BCUT2D eigenvalue weighted by Crippen LogP contribution is -2.06. The average molecular weight is 320 g/mol. The number of nitrogens with zero attached hydrogens (tertiary/aromatic N) is 2. The Kier molecular flexibility index (Phi) is 4.47. The molecule has 0 N–H and O–H groups in total. The molecule has 1 heterocycles. The highest BCUT2D eigenvalue weighted by molar-refractivity contribution is 5.88. The van der Waals surface area contributed by atoms with E-state index in [4.69, 9.17) is 0 Å². The molecule has 0 aliphatic heterocycles. The summed E-state index contributed by atoms with van der Waals surface area (Å²) in [5.74, 6) is 0.298. The van der Waals surface area contributed by atoms with Crippen molar-refractivity contribution in [3.63, 3.8) is 0 Å². The third kappa shape index (κ3) is 3.08. The molecule has 0 saturated carbocycles. The largest absolute Gasteiger partial charge is 0.298 e. The number of benzene rings is 2. The van der Waals surface area contributed by atoms with Crippen molar-refractivity contribution < 1.29 is 9.18 Å². The van der Waals surface area contributed by atoms with Gasteiger partial charge >= 0.3 is 0 Å². The lowest BCUT2D eigenvalue weighted by Gasteiger charge is -2.14. The van der Waals surface area contributed by atoms with Crippen LogP contribution in [0.5, 0.6) is 0 Å². The minimum Gasteiger partial charge on any atom is -0.298 e. The van der Waals surface area contributed by atoms with Crippen LogP contribution in [0, 0.1) is 5.82 Å². The van der Waals surface area contributed by atoms with Crippen molar-refractivity contribution in [3.05, 3.63) is 71.7 Å². The van der Waals surface area contributed by atoms with Gasteiger partial charge in [0.2, 0.25) is 0 Å². The van der Waals surface area contributed by atoms with Crippen molar-refractivity contribution in [3.8, 4) is 22.6 Å². The molecule has 0 spiro atoms. The zero-order valence-corrected chi connectivity index (χ0v) is 13.5. The van der Waals surface area contributed by atoms with Crippen molar-refractivity contribution in [1.82, 2.24) is 9.97 Å². The Morgan fingerprint density at radius 1 is 0.917 bits per heavy atom. The normalized spacial score (nSPS) is 10.8. The summed E-state index contributed by atoms with van der Waals surface area (Å²) in [6.07, 6.45) is 0.781. The molecule has 2 aromatic carbocycles. The quantitative estimate of drug-likeness (QED) is 0.643. The first-order valence-corrected chi connectivity index (χ1v) is 7.78. The van der Waals surface area contributed by atoms with Crippen LogP contribution in [-0.2, 0) is 0 Å². The minimum absolute atomic E-state index is 0.0647. The number of carbonyl (C=O) groups is 1. The number of hydrogen-bond donors (Lipinski definition) is 0. The lowest BCUT2D eigenvalue weighted by atomic mass is 9.98. The topological polar surface area (TPSA) is 42.9 Å². The molecule has 3 aromatic rings. The van der Waals surface area contributed by atoms with E-state index in [9.17, 15) is 9.18 Å². The van der Waals surface area contributed by atoms with Crippen LogP contribution in [-0.4, -0.2) is 16.3 Å². The van der Waals surface area contributed by atoms with Crippen LogP contribution in [0.25, 0.3) is 22.6 Å². The second-order valence-electron chi connectivity index (χ2n) is 5.84. The molecule has 4 heteroatoms. The molecule has 0 bridgehead atoms. The zero-order valence-electron chi connectivity index (χ0n) is 13.5. The van der Waals surface area contributed by atoms with Gasteiger partial charge in [0.25, 0.3) is 0 Å². The highest BCUT2D eigenvalue weighted by atomic mass is 19.1. The Hall–Kier alpha value is -2.88. The number of carbonyl (C=O) groups excluding carboxylic acids is 1. The highest BCUT2D eigenvalue weighted by Crippen LogP contribution is 2.29. The Balaban J connectivity index is 2.27. The number of aldehydes is 1. The van der Waals surface area contributed by atoms with Gasteiger partial charge < -0.3 is 0 Å². The minimum atomic E-state index is -0.326. The molecule has 24 heavy (non-hydrogen) atoms. The summed E-state index contributed by atoms with van der Waals surface area (Å²) in [6, 6.07) is 15.6. The van der Waals surface area contributed by atoms with Gasteiger partial charge in [0.05, 0.1) is 17.0 Å². The number of halogens is 1. The van der Waals surface area contributed by atoms with Crippen molar-refractivity contribution in [2.45, 2.75) is 19.8 Å². The van der Waals surface area contributed by atoms with Gasteiger partial charge in [-0.1, -0.05) is 44.2 Å². The second kappa shape index (κ2) is 6.71. The standard InChI is InChI=1S/C20H17FN2O/c1-13(2)18-17(12-24)19(14-8-10-16(21)11-9-14)23-20(22-18)15-6-4-3-5-7-15/h3-13H,1-2H3. The molecule has 0 saturated heterocycles. The molecular weight excluding hydrogens is 303 g/mol. The summed E-state index contributed by atoms with van der Waals surface area (Å²) in [5.41, 5.74) is 3.25. The zero-order chi connectivity index (χ0) is 17.1. The van der Waals surface area contributed by atoms with Crippen LogP contribution < -0.4 is 0 Å². The monoisotopic (exact) mass is 320 g/mol. The Morgan fingerprint density at radius 3 is 2.17 bits per heavy atom. The molecule has 0 aliphatic rings. The molecule has 0 unspecified atom stereocenters. The van der Waals surface area contributed by atoms with Gasteiger partial charge in [-0.2, -0.15) is 0 Å². The summed E-state index contributed by atoms with van der Waals surface area (Å²) < 4.78 is 13.2. The average Bonchev–Trinajstić information content (AvgIpc) is 2.62. The van der Waals surface area contributed by atoms with Crippen molar-refractivity contribution in [2.24, 2.45) is 0 Å². The smallest absolute Gasteiger partial charge is 0.160 e. The molecular formula is C20H17FN2O. The third-order valence-electron chi connectivity index (χ3n) is 3.79. The van der Waals surface area contributed by atoms with Crippen LogP contribution in [0.1, 0.15) is 35.8 Å². The van der Waals surface area contributed by atoms with Crippen LogP contribution in [0.15, 0.2) is 54.6 Å². The van der Waals surface area contributed by atoms with E-state index in [2.05, 4.69) is 9.97 Å². The van der Waals surface area contributed by atoms with E-state index in [1.54, 1.807) is 12.1 Å². The molecule has 1 aromatic heterocycles.